The molecule has 0 heterocycles. The number of methoxy groups -OCH3 is 2. The summed E-state index contributed by atoms with van der Waals surface area (Å²) in [5.41, 5.74) is 2.67. The van der Waals surface area contributed by atoms with Crippen molar-refractivity contribution in [3.05, 3.63) is 51.7 Å². The van der Waals surface area contributed by atoms with Crippen LogP contribution in [0.3, 0.4) is 0 Å². The molecule has 2 N–H and O–H groups in total. The predicted molar refractivity (Wildman–Crippen MR) is 97.8 cm³/mol. The molecule has 0 saturated heterocycles. The van der Waals surface area contributed by atoms with Crippen LogP contribution in [0.2, 0.25) is 0 Å². The number of aryl methyl sites for hydroxylation is 1. The minimum Gasteiger partial charge on any atom is -0.504 e. The van der Waals surface area contributed by atoms with Gasteiger partial charge >= 0.3 is 0 Å². The monoisotopic (exact) mass is 355 g/mol. The van der Waals surface area contributed by atoms with Crippen molar-refractivity contribution in [2.75, 3.05) is 14.2 Å². The zero-order valence-corrected chi connectivity index (χ0v) is 15.0. The van der Waals surface area contributed by atoms with E-state index >= 15 is 0 Å². The molecular formula is C20H21NO5. The largest absolute Gasteiger partial charge is 0.504 e. The Morgan fingerprint density at radius 2 is 2.00 bits per heavy atom. The first-order valence-corrected chi connectivity index (χ1v) is 8.34. The first-order valence-electron chi connectivity index (χ1n) is 8.34. The van der Waals surface area contributed by atoms with E-state index in [9.17, 15) is 14.7 Å². The molecule has 136 valence electrons. The third-order valence-corrected chi connectivity index (χ3v) is 4.58. The summed E-state index contributed by atoms with van der Waals surface area (Å²) in [5.74, 6) is 0.465. The fourth-order valence-electron chi connectivity index (χ4n) is 3.51. The number of fused-ring (bicyclic) bond motifs is 3. The van der Waals surface area contributed by atoms with Crippen LogP contribution in [0.4, 0.5) is 0 Å². The lowest BCUT2D eigenvalue weighted by Gasteiger charge is -2.18. The lowest BCUT2D eigenvalue weighted by Crippen LogP contribution is -2.26. The molecule has 0 radical (unpaired) electrons. The Labute approximate surface area is 151 Å². The number of carbonyl (C=O) groups excluding carboxylic acids is 1. The number of amides is 1. The van der Waals surface area contributed by atoms with Gasteiger partial charge in [-0.25, -0.2) is 0 Å². The van der Waals surface area contributed by atoms with E-state index in [1.165, 1.54) is 33.3 Å². The smallest absolute Gasteiger partial charge is 0.217 e. The van der Waals surface area contributed by atoms with Crippen molar-refractivity contribution in [2.24, 2.45) is 0 Å². The highest BCUT2D eigenvalue weighted by molar-refractivity contribution is 5.82. The van der Waals surface area contributed by atoms with Gasteiger partial charge in [-0.05, 0) is 47.7 Å². The molecule has 2 aromatic rings. The minimum atomic E-state index is -0.327. The zero-order chi connectivity index (χ0) is 18.8. The van der Waals surface area contributed by atoms with Crippen LogP contribution in [-0.2, 0) is 11.2 Å². The number of carbonyl (C=O) groups is 1. The third-order valence-electron chi connectivity index (χ3n) is 4.58. The maximum absolute atomic E-state index is 12.1. The molecule has 0 fully saturated rings. The van der Waals surface area contributed by atoms with Crippen molar-refractivity contribution in [3.63, 3.8) is 0 Å². The van der Waals surface area contributed by atoms with Gasteiger partial charge < -0.3 is 19.9 Å². The van der Waals surface area contributed by atoms with Crippen molar-refractivity contribution in [2.45, 2.75) is 25.8 Å². The summed E-state index contributed by atoms with van der Waals surface area (Å²) in [6, 6.07) is 7.90. The van der Waals surface area contributed by atoms with Crippen LogP contribution in [0.5, 0.6) is 17.2 Å². The topological polar surface area (TPSA) is 84.9 Å². The molecule has 3 rings (SSSR count). The number of benzene rings is 1. The average Bonchev–Trinajstić information content (AvgIpc) is 2.86. The molecule has 1 amide bonds. The summed E-state index contributed by atoms with van der Waals surface area (Å²) < 4.78 is 10.7. The van der Waals surface area contributed by atoms with E-state index in [1.807, 2.05) is 6.07 Å². The lowest BCUT2D eigenvalue weighted by atomic mass is 9.95. The van der Waals surface area contributed by atoms with E-state index in [0.717, 1.165) is 5.56 Å². The maximum Gasteiger partial charge on any atom is 0.217 e. The fourth-order valence-corrected chi connectivity index (χ4v) is 3.51. The summed E-state index contributed by atoms with van der Waals surface area (Å²) in [4.78, 5) is 23.7. The van der Waals surface area contributed by atoms with Gasteiger partial charge in [0.2, 0.25) is 11.7 Å². The zero-order valence-electron chi connectivity index (χ0n) is 15.0. The molecule has 2 aromatic carbocycles. The standard InChI is InChI=1S/C20H21NO5/c1-11(22)21-16-8-7-12-9-17(25-2)20(26-3)19(24)18(12)14-6-4-5-13(23)10-15(14)16/h4-6,9-10,16,24H,7-8H2,1-3H3,(H,21,22)/t16-/m0/s1. The van der Waals surface area contributed by atoms with Crippen LogP contribution in [-0.4, -0.2) is 25.2 Å². The number of phenols is 1. The Hall–Kier alpha value is -3.02. The Morgan fingerprint density at radius 3 is 2.65 bits per heavy atom. The van der Waals surface area contributed by atoms with Crippen LogP contribution >= 0.6 is 0 Å². The highest BCUT2D eigenvalue weighted by Gasteiger charge is 2.28. The number of phenolic OH excluding ortho intramolecular Hbond substituents is 1. The summed E-state index contributed by atoms with van der Waals surface area (Å²) in [5, 5.41) is 13.8. The summed E-state index contributed by atoms with van der Waals surface area (Å²) >= 11 is 0. The Kier molecular flexibility index (Phi) is 4.84. The highest BCUT2D eigenvalue weighted by atomic mass is 16.5. The molecule has 26 heavy (non-hydrogen) atoms. The number of ether oxygens (including phenoxy) is 2. The normalized spacial score (nSPS) is 15.3. The highest BCUT2D eigenvalue weighted by Crippen LogP contribution is 2.49. The number of nitrogens with one attached hydrogen (secondary N) is 1. The van der Waals surface area contributed by atoms with Gasteiger partial charge in [-0.1, -0.05) is 12.1 Å². The lowest BCUT2D eigenvalue weighted by molar-refractivity contribution is -0.119. The molecule has 6 nitrogen and oxygen atoms in total. The number of rotatable bonds is 3. The Morgan fingerprint density at radius 1 is 1.23 bits per heavy atom. The fraction of sp³-hybridized carbons (Fsp3) is 0.300. The van der Waals surface area contributed by atoms with Crippen molar-refractivity contribution < 1.29 is 19.4 Å². The van der Waals surface area contributed by atoms with Gasteiger partial charge in [-0.15, -0.1) is 0 Å². The van der Waals surface area contributed by atoms with E-state index in [1.54, 1.807) is 12.1 Å². The van der Waals surface area contributed by atoms with E-state index in [2.05, 4.69) is 5.32 Å². The van der Waals surface area contributed by atoms with Gasteiger partial charge in [-0.3, -0.25) is 9.59 Å². The molecule has 0 unspecified atom stereocenters. The first kappa shape index (κ1) is 17.8. The molecular weight excluding hydrogens is 334 g/mol. The molecule has 0 bridgehead atoms. The van der Waals surface area contributed by atoms with Gasteiger partial charge in [0.15, 0.2) is 16.9 Å². The molecule has 1 aliphatic carbocycles. The molecule has 0 spiro atoms. The third kappa shape index (κ3) is 3.10. The second-order valence-corrected chi connectivity index (χ2v) is 6.23. The van der Waals surface area contributed by atoms with E-state index in [4.69, 9.17) is 9.47 Å². The van der Waals surface area contributed by atoms with Crippen LogP contribution in [0.1, 0.15) is 30.5 Å². The second-order valence-electron chi connectivity index (χ2n) is 6.23. The van der Waals surface area contributed by atoms with Gasteiger partial charge in [0.05, 0.1) is 20.3 Å². The first-order chi connectivity index (χ1) is 12.5. The van der Waals surface area contributed by atoms with Crippen molar-refractivity contribution in [1.29, 1.82) is 0 Å². The van der Waals surface area contributed by atoms with Gasteiger partial charge in [0.1, 0.15) is 0 Å². The summed E-state index contributed by atoms with van der Waals surface area (Å²) in [6.45, 7) is 1.45. The molecule has 0 aliphatic heterocycles. The SMILES string of the molecule is COc1cc2c(c(O)c1OC)-c1cccc(=O)cc1[C@@H](NC(C)=O)CC2. The number of hydrogen-bond donors (Lipinski definition) is 2. The molecule has 6 heteroatoms. The van der Waals surface area contributed by atoms with Crippen LogP contribution in [0.25, 0.3) is 11.1 Å². The van der Waals surface area contributed by atoms with E-state index in [-0.39, 0.29) is 28.9 Å². The summed E-state index contributed by atoms with van der Waals surface area (Å²) in [7, 11) is 2.97. The van der Waals surface area contributed by atoms with Crippen molar-refractivity contribution in [1.82, 2.24) is 5.32 Å². The molecule has 0 saturated carbocycles. The van der Waals surface area contributed by atoms with Crippen molar-refractivity contribution in [3.8, 4) is 28.4 Å². The van der Waals surface area contributed by atoms with Crippen LogP contribution in [0, 0.1) is 0 Å². The average molecular weight is 355 g/mol. The maximum atomic E-state index is 12.1. The minimum absolute atomic E-state index is 0.0368. The second kappa shape index (κ2) is 7.07. The van der Waals surface area contributed by atoms with Crippen molar-refractivity contribution >= 4 is 5.91 Å². The van der Waals surface area contributed by atoms with Gasteiger partial charge in [0.25, 0.3) is 0 Å². The Bertz CT molecular complexity index is 923. The quantitative estimate of drug-likeness (QED) is 0.884. The van der Waals surface area contributed by atoms with Gasteiger partial charge in [0, 0.05) is 12.5 Å². The van der Waals surface area contributed by atoms with Crippen LogP contribution < -0.4 is 20.2 Å². The Balaban J connectivity index is 2.35. The number of aromatic hydroxyl groups is 1. The molecule has 0 aromatic heterocycles. The van der Waals surface area contributed by atoms with E-state index < -0.39 is 0 Å². The van der Waals surface area contributed by atoms with E-state index in [0.29, 0.717) is 35.3 Å². The summed E-state index contributed by atoms with van der Waals surface area (Å²) in [6.07, 6.45) is 1.19. The predicted octanol–water partition coefficient (Wildman–Crippen LogP) is 2.56. The number of hydrogen-bond acceptors (Lipinski definition) is 5. The molecule has 1 atom stereocenters. The van der Waals surface area contributed by atoms with Crippen LogP contribution in [0.15, 0.2) is 35.1 Å². The van der Waals surface area contributed by atoms with Gasteiger partial charge in [-0.2, -0.15) is 0 Å². The molecule has 1 aliphatic rings.